The zero-order valence-electron chi connectivity index (χ0n) is 13.4. The van der Waals surface area contributed by atoms with Crippen LogP contribution in [0.5, 0.6) is 0 Å². The molecule has 7 heteroatoms. The standard InChI is InChI=1S/C15H22N2O4S/c1-11-6-7-13(10-14(11)22(19,20)16(3)4)15(18)17-8-5-9-21-12(17)2/h6-7,10,12H,5,8-9H2,1-4H3. The van der Waals surface area contributed by atoms with Crippen LogP contribution in [-0.4, -0.2) is 57.0 Å². The van der Waals surface area contributed by atoms with Crippen LogP contribution in [0.15, 0.2) is 23.1 Å². The van der Waals surface area contributed by atoms with E-state index in [2.05, 4.69) is 0 Å². The van der Waals surface area contributed by atoms with Crippen LogP contribution >= 0.6 is 0 Å². The fourth-order valence-corrected chi connectivity index (χ4v) is 3.54. The molecule has 6 nitrogen and oxygen atoms in total. The molecule has 1 aromatic carbocycles. The summed E-state index contributed by atoms with van der Waals surface area (Å²) in [6, 6.07) is 4.78. The minimum Gasteiger partial charge on any atom is -0.359 e. The third-order valence-corrected chi connectivity index (χ3v) is 5.75. The van der Waals surface area contributed by atoms with Crippen molar-refractivity contribution in [2.24, 2.45) is 0 Å². The molecule has 1 aromatic rings. The molecule has 0 N–H and O–H groups in total. The van der Waals surface area contributed by atoms with Crippen molar-refractivity contribution in [2.45, 2.75) is 31.4 Å². The van der Waals surface area contributed by atoms with Crippen LogP contribution in [0.4, 0.5) is 0 Å². The summed E-state index contributed by atoms with van der Waals surface area (Å²) >= 11 is 0. The first-order valence-corrected chi connectivity index (χ1v) is 8.65. The number of hydrogen-bond donors (Lipinski definition) is 0. The predicted octanol–water partition coefficient (Wildman–Crippen LogP) is 1.45. The van der Waals surface area contributed by atoms with Gasteiger partial charge in [0.1, 0.15) is 6.23 Å². The van der Waals surface area contributed by atoms with Crippen molar-refractivity contribution in [1.82, 2.24) is 9.21 Å². The highest BCUT2D eigenvalue weighted by atomic mass is 32.2. The molecule has 0 spiro atoms. The Morgan fingerprint density at radius 1 is 1.36 bits per heavy atom. The zero-order valence-corrected chi connectivity index (χ0v) is 14.2. The topological polar surface area (TPSA) is 66.9 Å². The van der Waals surface area contributed by atoms with Crippen LogP contribution in [0.2, 0.25) is 0 Å². The summed E-state index contributed by atoms with van der Waals surface area (Å²) in [6.07, 6.45) is 0.488. The molecule has 1 aliphatic rings. The molecule has 1 unspecified atom stereocenters. The zero-order chi connectivity index (χ0) is 16.5. The van der Waals surface area contributed by atoms with Gasteiger partial charge in [-0.1, -0.05) is 6.07 Å². The van der Waals surface area contributed by atoms with E-state index in [-0.39, 0.29) is 17.0 Å². The van der Waals surface area contributed by atoms with Gasteiger partial charge in [-0.3, -0.25) is 4.79 Å². The van der Waals surface area contributed by atoms with Gasteiger partial charge in [0.05, 0.1) is 11.5 Å². The van der Waals surface area contributed by atoms with Crippen LogP contribution in [0.1, 0.15) is 29.3 Å². The molecule has 0 radical (unpaired) electrons. The molecular weight excluding hydrogens is 304 g/mol. The van der Waals surface area contributed by atoms with Crippen LogP contribution in [0.3, 0.4) is 0 Å². The minimum atomic E-state index is -3.58. The lowest BCUT2D eigenvalue weighted by molar-refractivity contribution is -0.0661. The summed E-state index contributed by atoms with van der Waals surface area (Å²) in [5.41, 5.74) is 0.983. The fraction of sp³-hybridized carbons (Fsp3) is 0.533. The number of rotatable bonds is 3. The van der Waals surface area contributed by atoms with Gasteiger partial charge in [0.25, 0.3) is 5.91 Å². The van der Waals surface area contributed by atoms with Crippen molar-refractivity contribution in [3.8, 4) is 0 Å². The second-order valence-corrected chi connectivity index (χ2v) is 7.71. The Morgan fingerprint density at radius 3 is 2.64 bits per heavy atom. The first-order valence-electron chi connectivity index (χ1n) is 7.21. The van der Waals surface area contributed by atoms with E-state index in [4.69, 9.17) is 4.74 Å². The Balaban J connectivity index is 2.39. The number of sulfonamides is 1. The van der Waals surface area contributed by atoms with Crippen molar-refractivity contribution in [2.75, 3.05) is 27.2 Å². The third kappa shape index (κ3) is 3.16. The normalized spacial score (nSPS) is 19.5. The smallest absolute Gasteiger partial charge is 0.255 e. The first-order chi connectivity index (χ1) is 10.2. The highest BCUT2D eigenvalue weighted by molar-refractivity contribution is 7.89. The van der Waals surface area contributed by atoms with Crippen LogP contribution in [0.25, 0.3) is 0 Å². The van der Waals surface area contributed by atoms with E-state index in [0.717, 1.165) is 10.7 Å². The Morgan fingerprint density at radius 2 is 2.05 bits per heavy atom. The molecule has 0 saturated carbocycles. The van der Waals surface area contributed by atoms with E-state index in [1.165, 1.54) is 20.2 Å². The molecule has 122 valence electrons. The van der Waals surface area contributed by atoms with E-state index in [1.807, 2.05) is 6.92 Å². The van der Waals surface area contributed by atoms with Gasteiger partial charge in [-0.15, -0.1) is 0 Å². The van der Waals surface area contributed by atoms with Crippen LogP contribution in [0, 0.1) is 6.92 Å². The Hall–Kier alpha value is -1.44. The van der Waals surface area contributed by atoms with Crippen LogP contribution in [-0.2, 0) is 14.8 Å². The van der Waals surface area contributed by atoms with E-state index in [0.29, 0.717) is 24.3 Å². The molecule has 1 amide bonds. The van der Waals surface area contributed by atoms with E-state index in [1.54, 1.807) is 24.0 Å². The minimum absolute atomic E-state index is 0.161. The molecule has 0 aliphatic carbocycles. The largest absolute Gasteiger partial charge is 0.359 e. The van der Waals surface area contributed by atoms with Gasteiger partial charge in [-0.05, 0) is 38.0 Å². The van der Waals surface area contributed by atoms with Gasteiger partial charge < -0.3 is 9.64 Å². The number of amides is 1. The SMILES string of the molecule is Cc1ccc(C(=O)N2CCCOC2C)cc1S(=O)(=O)N(C)C. The molecule has 2 rings (SSSR count). The summed E-state index contributed by atoms with van der Waals surface area (Å²) in [5.74, 6) is -0.206. The van der Waals surface area contributed by atoms with Crippen molar-refractivity contribution in [3.63, 3.8) is 0 Å². The lowest BCUT2D eigenvalue weighted by Gasteiger charge is -2.33. The van der Waals surface area contributed by atoms with E-state index in [9.17, 15) is 13.2 Å². The number of benzene rings is 1. The summed E-state index contributed by atoms with van der Waals surface area (Å²) in [6.45, 7) is 4.79. The third-order valence-electron chi connectivity index (χ3n) is 3.80. The maximum absolute atomic E-state index is 12.6. The summed E-state index contributed by atoms with van der Waals surface area (Å²) in [5, 5.41) is 0. The molecular formula is C15H22N2O4S. The average Bonchev–Trinajstić information content (AvgIpc) is 2.47. The number of carbonyl (C=O) groups excluding carboxylic acids is 1. The summed E-state index contributed by atoms with van der Waals surface area (Å²) in [7, 11) is -0.624. The van der Waals surface area contributed by atoms with Gasteiger partial charge in [-0.25, -0.2) is 12.7 Å². The lowest BCUT2D eigenvalue weighted by atomic mass is 10.1. The van der Waals surface area contributed by atoms with E-state index < -0.39 is 10.0 Å². The summed E-state index contributed by atoms with van der Waals surface area (Å²) in [4.78, 5) is 14.4. The summed E-state index contributed by atoms with van der Waals surface area (Å²) < 4.78 is 31.3. The number of aryl methyl sites for hydroxylation is 1. The highest BCUT2D eigenvalue weighted by Crippen LogP contribution is 2.22. The first kappa shape index (κ1) is 16.9. The number of hydrogen-bond acceptors (Lipinski definition) is 4. The molecule has 1 aliphatic heterocycles. The molecule has 1 atom stereocenters. The van der Waals surface area contributed by atoms with Gasteiger partial charge in [0.2, 0.25) is 10.0 Å². The maximum Gasteiger partial charge on any atom is 0.255 e. The van der Waals surface area contributed by atoms with Crippen molar-refractivity contribution in [3.05, 3.63) is 29.3 Å². The Kier molecular flexibility index (Phi) is 4.89. The van der Waals surface area contributed by atoms with Crippen molar-refractivity contribution >= 4 is 15.9 Å². The van der Waals surface area contributed by atoms with Gasteiger partial charge in [-0.2, -0.15) is 0 Å². The molecule has 0 aromatic heterocycles. The second kappa shape index (κ2) is 6.36. The lowest BCUT2D eigenvalue weighted by Crippen LogP contribution is -2.44. The van der Waals surface area contributed by atoms with Crippen LogP contribution < -0.4 is 0 Å². The average molecular weight is 326 g/mol. The van der Waals surface area contributed by atoms with Gasteiger partial charge >= 0.3 is 0 Å². The monoisotopic (exact) mass is 326 g/mol. The van der Waals surface area contributed by atoms with Crippen molar-refractivity contribution in [1.29, 1.82) is 0 Å². The molecule has 1 fully saturated rings. The molecule has 1 heterocycles. The van der Waals surface area contributed by atoms with Gasteiger partial charge in [0.15, 0.2) is 0 Å². The fourth-order valence-electron chi connectivity index (χ4n) is 2.40. The number of ether oxygens (including phenoxy) is 1. The highest BCUT2D eigenvalue weighted by Gasteiger charge is 2.27. The Bertz CT molecular complexity index is 670. The van der Waals surface area contributed by atoms with E-state index >= 15 is 0 Å². The number of carbonyl (C=O) groups is 1. The second-order valence-electron chi connectivity index (χ2n) is 5.59. The predicted molar refractivity (Wildman–Crippen MR) is 83.1 cm³/mol. The number of nitrogens with zero attached hydrogens (tertiary/aromatic N) is 2. The molecule has 0 bridgehead atoms. The molecule has 1 saturated heterocycles. The quantitative estimate of drug-likeness (QED) is 0.843. The Labute approximate surface area is 131 Å². The maximum atomic E-state index is 12.6. The van der Waals surface area contributed by atoms with Gasteiger partial charge in [0, 0.05) is 26.2 Å². The molecule has 22 heavy (non-hydrogen) atoms. The van der Waals surface area contributed by atoms with Crippen molar-refractivity contribution < 1.29 is 17.9 Å².